The van der Waals surface area contributed by atoms with Gasteiger partial charge >= 0.3 is 0 Å². The summed E-state index contributed by atoms with van der Waals surface area (Å²) in [7, 11) is 0. The Balaban J connectivity index is 0.00000256. The molecule has 1 aromatic heterocycles. The number of halogens is 3. The molecular formula is C21H22ClF2N5O. The summed E-state index contributed by atoms with van der Waals surface area (Å²) < 4.78 is 28.5. The lowest BCUT2D eigenvalue weighted by Crippen LogP contribution is -2.50. The van der Waals surface area contributed by atoms with Crippen molar-refractivity contribution in [3.8, 4) is 5.69 Å². The van der Waals surface area contributed by atoms with Gasteiger partial charge in [-0.15, -0.1) is 17.5 Å². The SMILES string of the molecule is Cc1cccc(-n2cc(C(=O)NC3CNCCC3c3ccc(F)c(F)c3)nn2)c1.Cl. The van der Waals surface area contributed by atoms with Crippen LogP contribution >= 0.6 is 12.4 Å². The van der Waals surface area contributed by atoms with Crippen LogP contribution < -0.4 is 10.6 Å². The molecule has 30 heavy (non-hydrogen) atoms. The molecule has 1 amide bonds. The molecule has 0 spiro atoms. The maximum atomic E-state index is 13.7. The first kappa shape index (κ1) is 21.9. The van der Waals surface area contributed by atoms with Crippen LogP contribution in [0.5, 0.6) is 0 Å². The molecule has 0 radical (unpaired) electrons. The molecule has 0 saturated carbocycles. The number of hydrogen-bond donors (Lipinski definition) is 2. The molecular weight excluding hydrogens is 412 g/mol. The fourth-order valence-electron chi connectivity index (χ4n) is 3.66. The average Bonchev–Trinajstić information content (AvgIpc) is 3.21. The zero-order chi connectivity index (χ0) is 20.4. The van der Waals surface area contributed by atoms with E-state index in [1.165, 1.54) is 6.07 Å². The number of amides is 1. The Kier molecular flexibility index (Phi) is 6.79. The lowest BCUT2D eigenvalue weighted by Gasteiger charge is -2.33. The molecule has 1 saturated heterocycles. The highest BCUT2D eigenvalue weighted by molar-refractivity contribution is 5.92. The van der Waals surface area contributed by atoms with Gasteiger partial charge in [0.25, 0.3) is 5.91 Å². The number of nitrogens with one attached hydrogen (secondary N) is 2. The van der Waals surface area contributed by atoms with Crippen LogP contribution in [0, 0.1) is 18.6 Å². The minimum absolute atomic E-state index is 0. The van der Waals surface area contributed by atoms with Gasteiger partial charge in [-0.05, 0) is 55.3 Å². The summed E-state index contributed by atoms with van der Waals surface area (Å²) in [4.78, 5) is 12.7. The summed E-state index contributed by atoms with van der Waals surface area (Å²) >= 11 is 0. The van der Waals surface area contributed by atoms with E-state index in [1.807, 2.05) is 31.2 Å². The van der Waals surface area contributed by atoms with Crippen LogP contribution in [0.15, 0.2) is 48.7 Å². The topological polar surface area (TPSA) is 71.8 Å². The number of rotatable bonds is 4. The van der Waals surface area contributed by atoms with Gasteiger partial charge in [-0.1, -0.05) is 23.4 Å². The van der Waals surface area contributed by atoms with Crippen molar-refractivity contribution in [2.75, 3.05) is 13.1 Å². The van der Waals surface area contributed by atoms with Gasteiger partial charge in [-0.3, -0.25) is 4.79 Å². The van der Waals surface area contributed by atoms with Gasteiger partial charge in [-0.2, -0.15) is 0 Å². The highest BCUT2D eigenvalue weighted by Gasteiger charge is 2.29. The second-order valence-electron chi connectivity index (χ2n) is 7.24. The molecule has 2 atom stereocenters. The molecule has 1 fully saturated rings. The zero-order valence-corrected chi connectivity index (χ0v) is 17.1. The van der Waals surface area contributed by atoms with E-state index in [2.05, 4.69) is 20.9 Å². The van der Waals surface area contributed by atoms with Crippen molar-refractivity contribution in [1.29, 1.82) is 0 Å². The number of carbonyl (C=O) groups is 1. The van der Waals surface area contributed by atoms with E-state index in [4.69, 9.17) is 0 Å². The molecule has 2 unspecified atom stereocenters. The molecule has 1 aliphatic heterocycles. The van der Waals surface area contributed by atoms with Gasteiger partial charge in [0.15, 0.2) is 17.3 Å². The number of hydrogen-bond acceptors (Lipinski definition) is 4. The van der Waals surface area contributed by atoms with Crippen LogP contribution in [-0.4, -0.2) is 40.0 Å². The normalized spacial score (nSPS) is 18.5. The number of aromatic nitrogens is 3. The van der Waals surface area contributed by atoms with E-state index in [-0.39, 0.29) is 36.0 Å². The molecule has 1 aliphatic rings. The van der Waals surface area contributed by atoms with Gasteiger partial charge in [0.1, 0.15) is 0 Å². The summed E-state index contributed by atoms with van der Waals surface area (Å²) in [5.74, 6) is -2.24. The lowest BCUT2D eigenvalue weighted by atomic mass is 9.86. The largest absolute Gasteiger partial charge is 0.346 e. The van der Waals surface area contributed by atoms with E-state index >= 15 is 0 Å². The predicted octanol–water partition coefficient (Wildman–Crippen LogP) is 3.15. The minimum Gasteiger partial charge on any atom is -0.346 e. The fraction of sp³-hybridized carbons (Fsp3) is 0.286. The predicted molar refractivity (Wildman–Crippen MR) is 111 cm³/mol. The van der Waals surface area contributed by atoms with Crippen LogP contribution in [0.2, 0.25) is 0 Å². The van der Waals surface area contributed by atoms with E-state index in [0.29, 0.717) is 18.5 Å². The first-order valence-electron chi connectivity index (χ1n) is 9.47. The summed E-state index contributed by atoms with van der Waals surface area (Å²) in [5.41, 5.74) is 2.75. The van der Waals surface area contributed by atoms with Gasteiger partial charge in [0.05, 0.1) is 11.9 Å². The summed E-state index contributed by atoms with van der Waals surface area (Å²) in [5, 5.41) is 14.2. The van der Waals surface area contributed by atoms with Gasteiger partial charge in [-0.25, -0.2) is 13.5 Å². The molecule has 2 heterocycles. The van der Waals surface area contributed by atoms with Gasteiger partial charge < -0.3 is 10.6 Å². The third kappa shape index (κ3) is 4.66. The molecule has 6 nitrogen and oxygen atoms in total. The molecule has 3 aromatic rings. The van der Waals surface area contributed by atoms with Gasteiger partial charge in [0, 0.05) is 18.5 Å². The summed E-state index contributed by atoms with van der Waals surface area (Å²) in [6.45, 7) is 3.24. The molecule has 0 aliphatic carbocycles. The van der Waals surface area contributed by atoms with Crippen molar-refractivity contribution in [2.24, 2.45) is 0 Å². The fourth-order valence-corrected chi connectivity index (χ4v) is 3.66. The monoisotopic (exact) mass is 433 g/mol. The van der Waals surface area contributed by atoms with Crippen LogP contribution in [0.3, 0.4) is 0 Å². The third-order valence-electron chi connectivity index (χ3n) is 5.16. The molecule has 2 aromatic carbocycles. The maximum absolute atomic E-state index is 13.7. The Morgan fingerprint density at radius 2 is 2.03 bits per heavy atom. The first-order chi connectivity index (χ1) is 14.0. The average molecular weight is 434 g/mol. The molecule has 158 valence electrons. The molecule has 9 heteroatoms. The number of benzene rings is 2. The maximum Gasteiger partial charge on any atom is 0.273 e. The zero-order valence-electron chi connectivity index (χ0n) is 16.3. The third-order valence-corrected chi connectivity index (χ3v) is 5.16. The Labute approximate surface area is 179 Å². The van der Waals surface area contributed by atoms with E-state index < -0.39 is 11.6 Å². The minimum atomic E-state index is -0.882. The number of nitrogens with zero attached hydrogens (tertiary/aromatic N) is 3. The van der Waals surface area contributed by atoms with Crippen molar-refractivity contribution in [2.45, 2.75) is 25.3 Å². The van der Waals surface area contributed by atoms with E-state index in [1.54, 1.807) is 16.9 Å². The van der Waals surface area contributed by atoms with Crippen LogP contribution in [0.1, 0.15) is 34.0 Å². The Hall–Kier alpha value is -2.84. The highest BCUT2D eigenvalue weighted by atomic mass is 35.5. The summed E-state index contributed by atoms with van der Waals surface area (Å²) in [6, 6.07) is 11.3. The number of piperidine rings is 1. The van der Waals surface area contributed by atoms with Crippen molar-refractivity contribution < 1.29 is 13.6 Å². The van der Waals surface area contributed by atoms with E-state index in [9.17, 15) is 13.6 Å². The van der Waals surface area contributed by atoms with Crippen molar-refractivity contribution in [3.63, 3.8) is 0 Å². The van der Waals surface area contributed by atoms with Gasteiger partial charge in [0.2, 0.25) is 0 Å². The number of aryl methyl sites for hydroxylation is 1. The quantitative estimate of drug-likeness (QED) is 0.663. The molecule has 2 N–H and O–H groups in total. The Morgan fingerprint density at radius 1 is 1.20 bits per heavy atom. The van der Waals surface area contributed by atoms with Crippen LogP contribution in [0.25, 0.3) is 5.69 Å². The van der Waals surface area contributed by atoms with Crippen molar-refractivity contribution >= 4 is 18.3 Å². The highest BCUT2D eigenvalue weighted by Crippen LogP contribution is 2.27. The van der Waals surface area contributed by atoms with Crippen molar-refractivity contribution in [3.05, 3.63) is 77.1 Å². The number of carbonyl (C=O) groups excluding carboxylic acids is 1. The molecule has 0 bridgehead atoms. The second-order valence-corrected chi connectivity index (χ2v) is 7.24. The van der Waals surface area contributed by atoms with Crippen LogP contribution in [-0.2, 0) is 0 Å². The second kappa shape index (κ2) is 9.32. The summed E-state index contributed by atoms with van der Waals surface area (Å²) in [6.07, 6.45) is 2.28. The Bertz CT molecular complexity index is 1040. The molecule has 4 rings (SSSR count). The lowest BCUT2D eigenvalue weighted by molar-refractivity contribution is 0.0919. The first-order valence-corrected chi connectivity index (χ1v) is 9.47. The van der Waals surface area contributed by atoms with E-state index in [0.717, 1.165) is 23.9 Å². The van der Waals surface area contributed by atoms with Crippen LogP contribution in [0.4, 0.5) is 8.78 Å². The Morgan fingerprint density at radius 3 is 2.80 bits per heavy atom. The standard InChI is InChI=1S/C21H21F2N5O.ClH/c1-13-3-2-4-15(9-13)28-12-20(26-27-28)21(29)25-19-11-24-8-7-16(19)14-5-6-17(22)18(23)10-14;/h2-6,9-10,12,16,19,24H,7-8,11H2,1H3,(H,25,29);1H. The van der Waals surface area contributed by atoms with Crippen molar-refractivity contribution in [1.82, 2.24) is 25.6 Å². The smallest absolute Gasteiger partial charge is 0.273 e.